The molecule has 0 aliphatic carbocycles. The summed E-state index contributed by atoms with van der Waals surface area (Å²) in [4.78, 5) is 12.4. The van der Waals surface area contributed by atoms with Gasteiger partial charge in [-0.1, -0.05) is 17.7 Å². The molecule has 3 rings (SSSR count). The molecule has 0 atom stereocenters. The quantitative estimate of drug-likeness (QED) is 0.719. The smallest absolute Gasteiger partial charge is 0.287 e. The van der Waals surface area contributed by atoms with E-state index >= 15 is 0 Å². The second-order valence-electron chi connectivity index (χ2n) is 5.91. The van der Waals surface area contributed by atoms with Crippen molar-refractivity contribution in [2.45, 2.75) is 27.3 Å². The summed E-state index contributed by atoms with van der Waals surface area (Å²) < 4.78 is 19.0. The maximum Gasteiger partial charge on any atom is 0.287 e. The summed E-state index contributed by atoms with van der Waals surface area (Å²) in [7, 11) is 0. The lowest BCUT2D eigenvalue weighted by molar-refractivity contribution is 0.0924. The van der Waals surface area contributed by atoms with Gasteiger partial charge in [0.15, 0.2) is 5.76 Å². The van der Waals surface area contributed by atoms with Gasteiger partial charge in [0.25, 0.3) is 5.91 Å². The zero-order chi connectivity index (χ0) is 17.4. The Bertz CT molecular complexity index is 946. The highest BCUT2D eigenvalue weighted by atomic mass is 35.5. The van der Waals surface area contributed by atoms with Crippen LogP contribution in [0.25, 0.3) is 11.0 Å². The van der Waals surface area contributed by atoms with Gasteiger partial charge in [-0.05, 0) is 61.7 Å². The Kier molecular flexibility index (Phi) is 4.33. The van der Waals surface area contributed by atoms with E-state index in [1.807, 2.05) is 26.8 Å². The van der Waals surface area contributed by atoms with Crippen LogP contribution in [-0.4, -0.2) is 5.91 Å². The molecule has 0 aliphatic rings. The molecule has 1 heterocycles. The first-order valence-electron chi connectivity index (χ1n) is 7.59. The molecule has 3 aromatic rings. The fourth-order valence-corrected chi connectivity index (χ4v) is 2.81. The Balaban J connectivity index is 1.86. The van der Waals surface area contributed by atoms with Crippen molar-refractivity contribution >= 4 is 28.5 Å². The lowest BCUT2D eigenvalue weighted by Crippen LogP contribution is -2.23. The number of hydrogen-bond acceptors (Lipinski definition) is 2. The molecule has 0 fully saturated rings. The van der Waals surface area contributed by atoms with E-state index in [9.17, 15) is 9.18 Å². The van der Waals surface area contributed by atoms with Crippen LogP contribution in [0.5, 0.6) is 0 Å². The zero-order valence-electron chi connectivity index (χ0n) is 13.7. The number of benzene rings is 2. The molecule has 0 unspecified atom stereocenters. The van der Waals surface area contributed by atoms with Crippen LogP contribution in [0.1, 0.15) is 32.8 Å². The second-order valence-corrected chi connectivity index (χ2v) is 6.31. The lowest BCUT2D eigenvalue weighted by Gasteiger charge is -2.07. The molecule has 0 aliphatic heterocycles. The van der Waals surface area contributed by atoms with E-state index in [-0.39, 0.29) is 24.0 Å². The Hall–Kier alpha value is -2.33. The minimum atomic E-state index is -0.332. The zero-order valence-corrected chi connectivity index (χ0v) is 14.4. The third-order valence-corrected chi connectivity index (χ3v) is 4.58. The van der Waals surface area contributed by atoms with Crippen molar-refractivity contribution < 1.29 is 13.6 Å². The van der Waals surface area contributed by atoms with E-state index in [1.54, 1.807) is 12.1 Å². The molecular formula is C19H17ClFNO2. The van der Waals surface area contributed by atoms with Gasteiger partial charge in [0.2, 0.25) is 0 Å². The Labute approximate surface area is 144 Å². The third kappa shape index (κ3) is 3.02. The van der Waals surface area contributed by atoms with Crippen LogP contribution in [-0.2, 0) is 6.54 Å². The van der Waals surface area contributed by atoms with Crippen LogP contribution in [0.15, 0.2) is 34.7 Å². The third-order valence-electron chi connectivity index (χ3n) is 4.17. The van der Waals surface area contributed by atoms with Crippen molar-refractivity contribution in [1.82, 2.24) is 5.32 Å². The summed E-state index contributed by atoms with van der Waals surface area (Å²) in [5.74, 6) is -0.406. The molecule has 0 bridgehead atoms. The number of carbonyl (C=O) groups excluding carboxylic acids is 1. The van der Waals surface area contributed by atoms with Gasteiger partial charge in [-0.2, -0.15) is 0 Å². The number of halogens is 2. The van der Waals surface area contributed by atoms with Gasteiger partial charge in [0.1, 0.15) is 11.4 Å². The van der Waals surface area contributed by atoms with Gasteiger partial charge in [-0.15, -0.1) is 0 Å². The molecule has 0 radical (unpaired) electrons. The van der Waals surface area contributed by atoms with E-state index in [4.69, 9.17) is 16.0 Å². The number of nitrogens with one attached hydrogen (secondary N) is 1. The fraction of sp³-hybridized carbons (Fsp3) is 0.211. The van der Waals surface area contributed by atoms with Crippen LogP contribution in [0, 0.1) is 26.6 Å². The molecule has 5 heteroatoms. The summed E-state index contributed by atoms with van der Waals surface area (Å²) >= 11 is 6.14. The van der Waals surface area contributed by atoms with Crippen molar-refractivity contribution in [3.8, 4) is 0 Å². The number of carbonyl (C=O) groups is 1. The minimum absolute atomic E-state index is 0.235. The predicted molar refractivity (Wildman–Crippen MR) is 93.0 cm³/mol. The monoisotopic (exact) mass is 345 g/mol. The maximum atomic E-state index is 13.3. The molecule has 0 spiro atoms. The van der Waals surface area contributed by atoms with Gasteiger partial charge >= 0.3 is 0 Å². The Morgan fingerprint density at radius 2 is 1.92 bits per heavy atom. The van der Waals surface area contributed by atoms with Gasteiger partial charge < -0.3 is 9.73 Å². The van der Waals surface area contributed by atoms with Gasteiger partial charge in [0, 0.05) is 22.5 Å². The van der Waals surface area contributed by atoms with Crippen LogP contribution < -0.4 is 5.32 Å². The van der Waals surface area contributed by atoms with Crippen molar-refractivity contribution in [3.05, 3.63) is 69.2 Å². The molecule has 0 saturated heterocycles. The first kappa shape index (κ1) is 16.5. The molecule has 1 aromatic heterocycles. The number of aryl methyl sites for hydroxylation is 3. The highest BCUT2D eigenvalue weighted by molar-refractivity contribution is 6.32. The first-order valence-corrected chi connectivity index (χ1v) is 7.97. The number of rotatable bonds is 3. The SMILES string of the molecule is Cc1cc2oc(C(=O)NCc3cc(F)ccc3C)c(C)c2cc1Cl. The maximum absolute atomic E-state index is 13.3. The Morgan fingerprint density at radius 1 is 1.17 bits per heavy atom. The van der Waals surface area contributed by atoms with Crippen molar-refractivity contribution in [2.24, 2.45) is 0 Å². The van der Waals surface area contributed by atoms with Crippen LogP contribution >= 0.6 is 11.6 Å². The van der Waals surface area contributed by atoms with E-state index in [1.165, 1.54) is 12.1 Å². The normalized spacial score (nSPS) is 11.0. The second kappa shape index (κ2) is 6.29. The topological polar surface area (TPSA) is 42.2 Å². The Morgan fingerprint density at radius 3 is 2.67 bits per heavy atom. The predicted octanol–water partition coefficient (Wildman–Crippen LogP) is 5.08. The van der Waals surface area contributed by atoms with Crippen molar-refractivity contribution in [2.75, 3.05) is 0 Å². The molecule has 1 N–H and O–H groups in total. The number of hydrogen-bond donors (Lipinski definition) is 1. The lowest BCUT2D eigenvalue weighted by atomic mass is 10.1. The average Bonchev–Trinajstić information content (AvgIpc) is 2.85. The molecule has 1 amide bonds. The van der Waals surface area contributed by atoms with E-state index in [2.05, 4.69) is 5.32 Å². The minimum Gasteiger partial charge on any atom is -0.451 e. The molecule has 0 saturated carbocycles. The first-order chi connectivity index (χ1) is 11.4. The number of fused-ring (bicyclic) bond motifs is 1. The van der Waals surface area contributed by atoms with Crippen LogP contribution in [0.4, 0.5) is 4.39 Å². The van der Waals surface area contributed by atoms with E-state index in [0.717, 1.165) is 27.6 Å². The van der Waals surface area contributed by atoms with Crippen molar-refractivity contribution in [3.63, 3.8) is 0 Å². The summed E-state index contributed by atoms with van der Waals surface area (Å²) in [6.07, 6.45) is 0. The fourth-order valence-electron chi connectivity index (χ4n) is 2.64. The van der Waals surface area contributed by atoms with Gasteiger partial charge in [-0.3, -0.25) is 4.79 Å². The van der Waals surface area contributed by atoms with Crippen LogP contribution in [0.3, 0.4) is 0 Å². The molecule has 2 aromatic carbocycles. The highest BCUT2D eigenvalue weighted by Crippen LogP contribution is 2.30. The molecular weight excluding hydrogens is 329 g/mol. The van der Waals surface area contributed by atoms with Crippen LogP contribution in [0.2, 0.25) is 5.02 Å². The van der Waals surface area contributed by atoms with Crippen molar-refractivity contribution in [1.29, 1.82) is 0 Å². The highest BCUT2D eigenvalue weighted by Gasteiger charge is 2.18. The molecule has 24 heavy (non-hydrogen) atoms. The number of furan rings is 1. The standard InChI is InChI=1S/C19H17ClFNO2/c1-10-4-5-14(21)7-13(10)9-22-19(23)18-12(3)15-8-16(20)11(2)6-17(15)24-18/h4-8H,9H2,1-3H3,(H,22,23). The van der Waals surface area contributed by atoms with Gasteiger partial charge in [0.05, 0.1) is 0 Å². The van der Waals surface area contributed by atoms with Gasteiger partial charge in [-0.25, -0.2) is 4.39 Å². The largest absolute Gasteiger partial charge is 0.451 e. The summed E-state index contributed by atoms with van der Waals surface area (Å²) in [6, 6.07) is 8.13. The van der Waals surface area contributed by atoms with E-state index < -0.39 is 0 Å². The summed E-state index contributed by atoms with van der Waals surface area (Å²) in [5.41, 5.74) is 3.90. The average molecular weight is 346 g/mol. The summed E-state index contributed by atoms with van der Waals surface area (Å²) in [6.45, 7) is 5.81. The summed E-state index contributed by atoms with van der Waals surface area (Å²) in [5, 5.41) is 4.23. The molecule has 124 valence electrons. The van der Waals surface area contributed by atoms with E-state index in [0.29, 0.717) is 10.6 Å². The number of amides is 1. The molecule has 3 nitrogen and oxygen atoms in total.